The summed E-state index contributed by atoms with van der Waals surface area (Å²) in [4.78, 5) is 4.88. The molecule has 0 saturated carbocycles. The van der Waals surface area contributed by atoms with E-state index in [9.17, 15) is 0 Å². The first-order valence-electron chi connectivity index (χ1n) is 3.55. The van der Waals surface area contributed by atoms with Crippen LogP contribution in [0.25, 0.3) is 10.1 Å². The molecule has 0 aliphatic rings. The van der Waals surface area contributed by atoms with Crippen molar-refractivity contribution in [2.75, 3.05) is 0 Å². The van der Waals surface area contributed by atoms with E-state index in [2.05, 4.69) is 4.98 Å². The Morgan fingerprint density at radius 1 is 1.58 bits per heavy atom. The lowest BCUT2D eigenvalue weighted by Gasteiger charge is -1.91. The molecule has 4 heteroatoms. The van der Waals surface area contributed by atoms with Crippen molar-refractivity contribution in [3.8, 4) is 0 Å². The van der Waals surface area contributed by atoms with Crippen LogP contribution in [-0.2, 0) is 6.61 Å². The molecule has 0 aliphatic carbocycles. The average molecular weight is 175 g/mol. The minimum Gasteiger partial charge on any atom is -0.391 e. The first-order chi connectivity index (χ1) is 5.81. The van der Waals surface area contributed by atoms with E-state index in [1.54, 1.807) is 6.20 Å². The van der Waals surface area contributed by atoms with Gasteiger partial charge in [0, 0.05) is 21.4 Å². The summed E-state index contributed by atoms with van der Waals surface area (Å²) in [5.41, 5.74) is 0.539. The molecule has 0 spiro atoms. The van der Waals surface area contributed by atoms with Crippen molar-refractivity contribution in [1.29, 1.82) is 0 Å². The van der Waals surface area contributed by atoms with Gasteiger partial charge in [-0.25, -0.2) is 0 Å². The highest BCUT2D eigenvalue weighted by Crippen LogP contribution is 2.22. The Labute approximate surface area is 75.3 Å². The maximum absolute atomic E-state index is 8.88. The number of aliphatic hydroxyl groups is 1. The third kappa shape index (κ3) is 1.13. The fourth-order valence-corrected chi connectivity index (χ4v) is 2.03. The number of aromatic nitrogens is 1. The van der Waals surface area contributed by atoms with Crippen molar-refractivity contribution in [2.24, 2.45) is 0 Å². The Morgan fingerprint density at radius 3 is 3.08 bits per heavy atom. The molecule has 0 aromatic carbocycles. The molecule has 2 aromatic heterocycles. The molecule has 0 fully saturated rings. The molecule has 2 rings (SSSR count). The van der Waals surface area contributed by atoms with Gasteiger partial charge < -0.3 is 5.11 Å². The van der Waals surface area contributed by atoms with Gasteiger partial charge in [-0.1, -0.05) is 0 Å². The van der Waals surface area contributed by atoms with Crippen LogP contribution in [0.3, 0.4) is 0 Å². The van der Waals surface area contributed by atoms with E-state index in [4.69, 9.17) is 13.0 Å². The molecule has 12 heavy (non-hydrogen) atoms. The third-order valence-electron chi connectivity index (χ3n) is 1.67. The second kappa shape index (κ2) is 2.88. The quantitative estimate of drug-likeness (QED) is 0.643. The number of fused-ring (bicyclic) bond motifs is 1. The first kappa shape index (κ1) is 7.77. The van der Waals surface area contributed by atoms with Gasteiger partial charge in [0.15, 0.2) is 0 Å². The number of thiophene rings is 1. The van der Waals surface area contributed by atoms with Crippen LogP contribution in [0.4, 0.5) is 0 Å². The van der Waals surface area contributed by atoms with Gasteiger partial charge in [0.1, 0.15) is 7.85 Å². The third-order valence-corrected chi connectivity index (χ3v) is 2.83. The molecule has 0 saturated heterocycles. The first-order valence-corrected chi connectivity index (χ1v) is 4.36. The van der Waals surface area contributed by atoms with Gasteiger partial charge in [0.2, 0.25) is 0 Å². The number of pyridine rings is 1. The van der Waals surface area contributed by atoms with E-state index in [0.717, 1.165) is 15.0 Å². The Balaban J connectivity index is 2.74. The van der Waals surface area contributed by atoms with Crippen LogP contribution in [-0.4, -0.2) is 17.9 Å². The van der Waals surface area contributed by atoms with Crippen molar-refractivity contribution >= 4 is 34.9 Å². The Bertz CT molecular complexity index is 412. The summed E-state index contributed by atoms with van der Waals surface area (Å²) in [6.45, 7) is 0.0682. The Hall–Kier alpha value is -0.865. The fraction of sp³-hybridized carbons (Fsp3) is 0.125. The smallest absolute Gasteiger partial charge is 0.143 e. The van der Waals surface area contributed by atoms with Gasteiger partial charge >= 0.3 is 0 Å². The fourth-order valence-electron chi connectivity index (χ4n) is 1.12. The minimum absolute atomic E-state index is 0.0682. The maximum Gasteiger partial charge on any atom is 0.143 e. The lowest BCUT2D eigenvalue weighted by Crippen LogP contribution is -2.05. The van der Waals surface area contributed by atoms with Crippen molar-refractivity contribution in [3.63, 3.8) is 0 Å². The number of nitrogens with zero attached hydrogens (tertiary/aromatic N) is 1. The monoisotopic (exact) mass is 175 g/mol. The maximum atomic E-state index is 8.88. The van der Waals surface area contributed by atoms with Crippen molar-refractivity contribution in [1.82, 2.24) is 4.98 Å². The summed E-state index contributed by atoms with van der Waals surface area (Å²) in [6.07, 6.45) is 1.67. The van der Waals surface area contributed by atoms with E-state index in [1.165, 1.54) is 11.3 Å². The zero-order valence-electron chi connectivity index (χ0n) is 6.32. The molecule has 2 heterocycles. The van der Waals surface area contributed by atoms with E-state index in [1.807, 2.05) is 12.1 Å². The van der Waals surface area contributed by atoms with Crippen LogP contribution < -0.4 is 5.59 Å². The second-order valence-corrected chi connectivity index (χ2v) is 3.62. The van der Waals surface area contributed by atoms with E-state index >= 15 is 0 Å². The number of hydrogen-bond donors (Lipinski definition) is 1. The number of aliphatic hydroxyl groups excluding tert-OH is 1. The molecule has 2 nitrogen and oxygen atoms in total. The van der Waals surface area contributed by atoms with E-state index < -0.39 is 0 Å². The summed E-state index contributed by atoms with van der Waals surface area (Å²) in [6, 6.07) is 3.82. The van der Waals surface area contributed by atoms with Crippen LogP contribution >= 0.6 is 11.3 Å². The SMILES string of the molecule is [B]c1nccc2cc(CO)sc12. The second-order valence-electron chi connectivity index (χ2n) is 2.49. The highest BCUT2D eigenvalue weighted by molar-refractivity contribution is 7.20. The topological polar surface area (TPSA) is 33.1 Å². The van der Waals surface area contributed by atoms with Crippen molar-refractivity contribution in [2.45, 2.75) is 6.61 Å². The standard InChI is InChI=1S/C8H6BNOS/c9-8-7-5(1-2-10-8)3-6(4-11)12-7/h1-3,11H,4H2. The van der Waals surface area contributed by atoms with Gasteiger partial charge in [-0.05, 0) is 17.5 Å². The normalized spacial score (nSPS) is 10.8. The number of rotatable bonds is 1. The lowest BCUT2D eigenvalue weighted by atomic mass is 10.0. The summed E-state index contributed by atoms with van der Waals surface area (Å²) in [5, 5.41) is 9.93. The summed E-state index contributed by atoms with van der Waals surface area (Å²) in [7, 11) is 5.64. The van der Waals surface area contributed by atoms with Gasteiger partial charge in [0.25, 0.3) is 0 Å². The lowest BCUT2D eigenvalue weighted by molar-refractivity contribution is 0.285. The van der Waals surface area contributed by atoms with Gasteiger partial charge in [-0.2, -0.15) is 0 Å². The molecule has 58 valence electrons. The Kier molecular flexibility index (Phi) is 1.86. The molecule has 0 aliphatic heterocycles. The molecule has 0 amide bonds. The molecular weight excluding hydrogens is 169 g/mol. The highest BCUT2D eigenvalue weighted by atomic mass is 32.1. The van der Waals surface area contributed by atoms with Crippen LogP contribution in [0.2, 0.25) is 0 Å². The van der Waals surface area contributed by atoms with E-state index in [0.29, 0.717) is 5.59 Å². The van der Waals surface area contributed by atoms with Gasteiger partial charge in [-0.3, -0.25) is 4.98 Å². The predicted octanol–water partition coefficient (Wildman–Crippen LogP) is 0.582. The molecular formula is C8H6BNOS. The Morgan fingerprint density at radius 2 is 2.42 bits per heavy atom. The number of hydrogen-bond acceptors (Lipinski definition) is 3. The predicted molar refractivity (Wildman–Crippen MR) is 50.9 cm³/mol. The molecule has 0 bridgehead atoms. The zero-order valence-corrected chi connectivity index (χ0v) is 7.14. The van der Waals surface area contributed by atoms with Gasteiger partial charge in [0.05, 0.1) is 6.61 Å². The highest BCUT2D eigenvalue weighted by Gasteiger charge is 2.02. The molecule has 2 radical (unpaired) electrons. The minimum atomic E-state index is 0.0682. The molecule has 0 atom stereocenters. The van der Waals surface area contributed by atoms with Crippen LogP contribution in [0, 0.1) is 0 Å². The summed E-state index contributed by atoms with van der Waals surface area (Å²) >= 11 is 1.49. The molecule has 1 N–H and O–H groups in total. The van der Waals surface area contributed by atoms with Gasteiger partial charge in [-0.15, -0.1) is 11.3 Å². The summed E-state index contributed by atoms with van der Waals surface area (Å²) < 4.78 is 0.960. The van der Waals surface area contributed by atoms with E-state index in [-0.39, 0.29) is 6.61 Å². The van der Waals surface area contributed by atoms with Crippen molar-refractivity contribution in [3.05, 3.63) is 23.2 Å². The molecule has 2 aromatic rings. The largest absolute Gasteiger partial charge is 0.391 e. The van der Waals surface area contributed by atoms with Crippen LogP contribution in [0.1, 0.15) is 4.88 Å². The molecule has 0 unspecified atom stereocenters. The zero-order chi connectivity index (χ0) is 8.55. The summed E-state index contributed by atoms with van der Waals surface area (Å²) in [5.74, 6) is 0. The van der Waals surface area contributed by atoms with Crippen LogP contribution in [0.15, 0.2) is 18.3 Å². The van der Waals surface area contributed by atoms with Crippen molar-refractivity contribution < 1.29 is 5.11 Å². The average Bonchev–Trinajstić information content (AvgIpc) is 2.49. The van der Waals surface area contributed by atoms with Crippen LogP contribution in [0.5, 0.6) is 0 Å².